The first-order valence-electron chi connectivity index (χ1n) is 9.15. The van der Waals surface area contributed by atoms with Crippen molar-refractivity contribution in [3.8, 4) is 11.5 Å². The number of hydrogen-bond acceptors (Lipinski definition) is 6. The van der Waals surface area contributed by atoms with Gasteiger partial charge in [-0.25, -0.2) is 14.8 Å². The van der Waals surface area contributed by atoms with Crippen LogP contribution in [0.1, 0.15) is 32.2 Å². The third kappa shape index (κ3) is 5.71. The van der Waals surface area contributed by atoms with E-state index in [0.717, 1.165) is 5.69 Å². The summed E-state index contributed by atoms with van der Waals surface area (Å²) >= 11 is 4.92. The highest BCUT2D eigenvalue weighted by Gasteiger charge is 2.16. The maximum Gasteiger partial charge on any atom is 0.324 e. The van der Waals surface area contributed by atoms with Crippen LogP contribution in [-0.2, 0) is 5.41 Å². The van der Waals surface area contributed by atoms with Crippen LogP contribution in [0.4, 0.5) is 16.3 Å². The first-order chi connectivity index (χ1) is 14.2. The molecule has 3 aromatic rings. The van der Waals surface area contributed by atoms with Crippen LogP contribution in [0.25, 0.3) is 0 Å². The maximum atomic E-state index is 12.3. The lowest BCUT2D eigenvalue weighted by molar-refractivity contribution is 0.262. The molecule has 9 heteroatoms. The van der Waals surface area contributed by atoms with Crippen LogP contribution in [0.15, 0.2) is 55.0 Å². The van der Waals surface area contributed by atoms with Crippen LogP contribution in [0.5, 0.6) is 11.5 Å². The Hall–Kier alpha value is -3.59. The van der Waals surface area contributed by atoms with Crippen molar-refractivity contribution >= 4 is 34.7 Å². The van der Waals surface area contributed by atoms with E-state index in [1.54, 1.807) is 48.7 Å². The molecule has 2 amide bonds. The molecule has 0 bridgehead atoms. The van der Waals surface area contributed by atoms with Crippen LogP contribution in [0.2, 0.25) is 0 Å². The number of carbonyl (C=O) groups excluding carboxylic acids is 1. The smallest absolute Gasteiger partial charge is 0.324 e. The lowest BCUT2D eigenvalue weighted by Gasteiger charge is -2.17. The minimum Gasteiger partial charge on any atom is -0.457 e. The Morgan fingerprint density at radius 1 is 1.00 bits per heavy atom. The highest BCUT2D eigenvalue weighted by molar-refractivity contribution is 7.80. The standard InChI is InChI=1S/C21H22N6O2S/c1-21(2,3)17-11-18(25-12-24-17)27-20(28)26-13-4-6-14(7-5-13)29-15-8-9-23-16(10-15)19(22)30/h4-12H,1-3H3,(H2,22,30)(H2,24,25,26,27,28). The van der Waals surface area contributed by atoms with Gasteiger partial charge in [0.1, 0.15) is 34.3 Å². The van der Waals surface area contributed by atoms with E-state index >= 15 is 0 Å². The fraction of sp³-hybridized carbons (Fsp3) is 0.190. The molecule has 0 aliphatic carbocycles. The molecule has 154 valence electrons. The van der Waals surface area contributed by atoms with Gasteiger partial charge in [-0.2, -0.15) is 0 Å². The largest absolute Gasteiger partial charge is 0.457 e. The molecule has 0 atom stereocenters. The molecule has 3 rings (SSSR count). The van der Waals surface area contributed by atoms with Gasteiger partial charge in [0.25, 0.3) is 0 Å². The number of aromatic nitrogens is 3. The van der Waals surface area contributed by atoms with Gasteiger partial charge in [0.05, 0.1) is 5.69 Å². The molecule has 2 aromatic heterocycles. The highest BCUT2D eigenvalue weighted by Crippen LogP contribution is 2.24. The summed E-state index contributed by atoms with van der Waals surface area (Å²) in [7, 11) is 0. The van der Waals surface area contributed by atoms with Gasteiger partial charge >= 0.3 is 6.03 Å². The monoisotopic (exact) mass is 422 g/mol. The van der Waals surface area contributed by atoms with Crippen LogP contribution in [0.3, 0.4) is 0 Å². The summed E-state index contributed by atoms with van der Waals surface area (Å²) in [5.41, 5.74) is 7.36. The number of pyridine rings is 1. The molecule has 0 spiro atoms. The van der Waals surface area contributed by atoms with Gasteiger partial charge in [0.15, 0.2) is 0 Å². The predicted molar refractivity (Wildman–Crippen MR) is 120 cm³/mol. The molecular formula is C21H22N6O2S. The number of nitrogens with two attached hydrogens (primary N) is 1. The molecular weight excluding hydrogens is 400 g/mol. The van der Waals surface area contributed by atoms with Crippen molar-refractivity contribution in [3.63, 3.8) is 0 Å². The molecule has 0 fully saturated rings. The first kappa shape index (κ1) is 21.1. The number of carbonyl (C=O) groups is 1. The van der Waals surface area contributed by atoms with E-state index in [4.69, 9.17) is 22.7 Å². The summed E-state index contributed by atoms with van der Waals surface area (Å²) < 4.78 is 5.77. The van der Waals surface area contributed by atoms with E-state index in [2.05, 4.69) is 25.6 Å². The quantitative estimate of drug-likeness (QED) is 0.527. The molecule has 1 aromatic carbocycles. The van der Waals surface area contributed by atoms with Crippen molar-refractivity contribution in [1.29, 1.82) is 0 Å². The van der Waals surface area contributed by atoms with E-state index in [9.17, 15) is 4.79 Å². The van der Waals surface area contributed by atoms with Crippen LogP contribution in [0, 0.1) is 0 Å². The zero-order valence-electron chi connectivity index (χ0n) is 16.8. The third-order valence-corrected chi connectivity index (χ3v) is 4.22. The Labute approximate surface area is 179 Å². The van der Waals surface area contributed by atoms with Gasteiger partial charge in [-0.05, 0) is 30.3 Å². The number of thiocarbonyl (C=S) groups is 1. The van der Waals surface area contributed by atoms with E-state index in [1.807, 2.05) is 20.8 Å². The van der Waals surface area contributed by atoms with Crippen LogP contribution in [-0.4, -0.2) is 26.0 Å². The first-order valence-corrected chi connectivity index (χ1v) is 9.56. The molecule has 4 N–H and O–H groups in total. The number of ether oxygens (including phenoxy) is 1. The molecule has 2 heterocycles. The highest BCUT2D eigenvalue weighted by atomic mass is 32.1. The Morgan fingerprint density at radius 2 is 1.73 bits per heavy atom. The number of benzene rings is 1. The molecule has 0 aliphatic heterocycles. The van der Waals surface area contributed by atoms with Gasteiger partial charge in [0, 0.05) is 29.4 Å². The summed E-state index contributed by atoms with van der Waals surface area (Å²) in [5.74, 6) is 1.58. The maximum absolute atomic E-state index is 12.3. The van der Waals surface area contributed by atoms with Crippen molar-refractivity contribution in [2.75, 3.05) is 10.6 Å². The van der Waals surface area contributed by atoms with Crippen LogP contribution < -0.4 is 21.1 Å². The van der Waals surface area contributed by atoms with Crippen LogP contribution >= 0.6 is 12.2 Å². The summed E-state index contributed by atoms with van der Waals surface area (Å²) in [4.78, 5) is 24.9. The predicted octanol–water partition coefficient (Wildman–Crippen LogP) is 4.24. The average Bonchev–Trinajstić information content (AvgIpc) is 2.69. The summed E-state index contributed by atoms with van der Waals surface area (Å²) in [6, 6.07) is 11.6. The molecule has 0 radical (unpaired) electrons. The molecule has 0 aliphatic rings. The molecule has 0 unspecified atom stereocenters. The molecule has 8 nitrogen and oxygen atoms in total. The zero-order valence-corrected chi connectivity index (χ0v) is 17.7. The zero-order chi connectivity index (χ0) is 21.7. The third-order valence-electron chi connectivity index (χ3n) is 4.01. The van der Waals surface area contributed by atoms with Gasteiger partial charge < -0.3 is 15.8 Å². The normalized spacial score (nSPS) is 10.9. The Bertz CT molecular complexity index is 1060. The Morgan fingerprint density at radius 3 is 2.40 bits per heavy atom. The lowest BCUT2D eigenvalue weighted by atomic mass is 9.92. The van der Waals surface area contributed by atoms with Gasteiger partial charge in [-0.3, -0.25) is 10.3 Å². The number of urea groups is 1. The van der Waals surface area contributed by atoms with Crippen molar-refractivity contribution in [3.05, 3.63) is 66.4 Å². The fourth-order valence-electron chi connectivity index (χ4n) is 2.47. The summed E-state index contributed by atoms with van der Waals surface area (Å²) in [6.45, 7) is 6.12. The van der Waals surface area contributed by atoms with E-state index < -0.39 is 6.03 Å². The van der Waals surface area contributed by atoms with E-state index in [0.29, 0.717) is 28.7 Å². The molecule has 0 saturated heterocycles. The van der Waals surface area contributed by atoms with Gasteiger partial charge in [-0.15, -0.1) is 0 Å². The number of nitrogens with one attached hydrogen (secondary N) is 2. The Kier molecular flexibility index (Phi) is 6.22. The second-order valence-electron chi connectivity index (χ2n) is 7.49. The number of rotatable bonds is 5. The second-order valence-corrected chi connectivity index (χ2v) is 7.92. The number of hydrogen-bond donors (Lipinski definition) is 3. The van der Waals surface area contributed by atoms with Crippen molar-refractivity contribution in [2.45, 2.75) is 26.2 Å². The summed E-state index contributed by atoms with van der Waals surface area (Å²) in [5, 5.41) is 5.46. The fourth-order valence-corrected chi connectivity index (χ4v) is 2.58. The van der Waals surface area contributed by atoms with E-state index in [1.165, 1.54) is 6.33 Å². The summed E-state index contributed by atoms with van der Waals surface area (Å²) in [6.07, 6.45) is 3.01. The SMILES string of the molecule is CC(C)(C)c1cc(NC(=O)Nc2ccc(Oc3ccnc(C(N)=S)c3)cc2)ncn1. The topological polar surface area (TPSA) is 115 Å². The average molecular weight is 423 g/mol. The minimum atomic E-state index is -0.405. The second kappa shape index (κ2) is 8.83. The number of nitrogens with zero attached hydrogens (tertiary/aromatic N) is 3. The van der Waals surface area contributed by atoms with Crippen molar-refractivity contribution < 1.29 is 9.53 Å². The van der Waals surface area contributed by atoms with Gasteiger partial charge in [-0.1, -0.05) is 33.0 Å². The van der Waals surface area contributed by atoms with Crippen molar-refractivity contribution in [2.24, 2.45) is 5.73 Å². The van der Waals surface area contributed by atoms with Gasteiger partial charge in [0.2, 0.25) is 0 Å². The van der Waals surface area contributed by atoms with Crippen molar-refractivity contribution in [1.82, 2.24) is 15.0 Å². The number of amides is 2. The lowest BCUT2D eigenvalue weighted by Crippen LogP contribution is -2.21. The molecule has 0 saturated carbocycles. The minimum absolute atomic E-state index is 0.143. The Balaban J connectivity index is 1.61. The number of anilines is 2. The molecule has 30 heavy (non-hydrogen) atoms. The van der Waals surface area contributed by atoms with E-state index in [-0.39, 0.29) is 10.4 Å².